The van der Waals surface area contributed by atoms with E-state index in [1.807, 2.05) is 0 Å². The van der Waals surface area contributed by atoms with Gasteiger partial charge in [-0.05, 0) is 26.0 Å². The van der Waals surface area contributed by atoms with Crippen molar-refractivity contribution in [1.29, 1.82) is 0 Å². The Hall–Kier alpha value is -1.44. The molecule has 0 aliphatic carbocycles. The van der Waals surface area contributed by atoms with Gasteiger partial charge in [0, 0.05) is 6.20 Å². The lowest BCUT2D eigenvalue weighted by molar-refractivity contribution is 0.0833. The lowest BCUT2D eigenvalue weighted by Gasteiger charge is -2.23. The van der Waals surface area contributed by atoms with E-state index in [9.17, 15) is 13.0 Å². The molecule has 1 aliphatic rings. The molecule has 0 saturated heterocycles. The minimum atomic E-state index is -4.36. The van der Waals surface area contributed by atoms with Gasteiger partial charge in [0.1, 0.15) is 16.2 Å². The first-order chi connectivity index (χ1) is 7.86. The second-order valence-corrected chi connectivity index (χ2v) is 5.26. The lowest BCUT2D eigenvalue weighted by Crippen LogP contribution is -2.38. The van der Waals surface area contributed by atoms with Crippen LogP contribution in [0.1, 0.15) is 19.5 Å². The van der Waals surface area contributed by atoms with Crippen LogP contribution in [0.25, 0.3) is 0 Å². The summed E-state index contributed by atoms with van der Waals surface area (Å²) in [5, 5.41) is 0. The van der Waals surface area contributed by atoms with E-state index >= 15 is 0 Å². The molecule has 1 aliphatic heterocycles. The molecule has 2 N–H and O–H groups in total. The van der Waals surface area contributed by atoms with E-state index in [1.165, 1.54) is 13.1 Å². The Balaban J connectivity index is 2.61. The highest BCUT2D eigenvalue weighted by Gasteiger charge is 2.46. The van der Waals surface area contributed by atoms with Crippen LogP contribution >= 0.6 is 0 Å². The fraction of sp³-hybridized carbons (Fsp3) is 0.300. The Kier molecular flexibility index (Phi) is 2.69. The predicted octanol–water partition coefficient (Wildman–Crippen LogP) is 0.951. The molecule has 0 radical (unpaired) electrons. The summed E-state index contributed by atoms with van der Waals surface area (Å²) < 4.78 is 32.0. The van der Waals surface area contributed by atoms with Crippen LogP contribution in [0.15, 0.2) is 35.1 Å². The Morgan fingerprint density at radius 2 is 2.18 bits per heavy atom. The van der Waals surface area contributed by atoms with Crippen LogP contribution in [0.2, 0.25) is 0 Å². The van der Waals surface area contributed by atoms with E-state index < -0.39 is 15.7 Å². The highest BCUT2D eigenvalue weighted by molar-refractivity contribution is 7.89. The van der Waals surface area contributed by atoms with Gasteiger partial charge in [-0.1, -0.05) is 6.07 Å². The van der Waals surface area contributed by atoms with E-state index in [1.54, 1.807) is 25.1 Å². The molecular formula is C10H12N2O4S. The molecule has 0 bridgehead atoms. The molecular weight excluding hydrogens is 244 g/mol. The largest absolute Gasteiger partial charge is 0.411 e. The number of nitrogens with zero attached hydrogens (tertiary/aromatic N) is 1. The molecule has 0 saturated carbocycles. The van der Waals surface area contributed by atoms with Crippen molar-refractivity contribution in [1.82, 2.24) is 10.5 Å². The Morgan fingerprint density at radius 1 is 1.47 bits per heavy atom. The zero-order chi connectivity index (χ0) is 12.7. The van der Waals surface area contributed by atoms with Crippen LogP contribution in [-0.4, -0.2) is 18.0 Å². The van der Waals surface area contributed by atoms with Crippen molar-refractivity contribution < 1.29 is 17.8 Å². The van der Waals surface area contributed by atoms with E-state index in [0.29, 0.717) is 5.69 Å². The molecule has 7 heteroatoms. The average molecular weight is 256 g/mol. The van der Waals surface area contributed by atoms with Gasteiger partial charge >= 0.3 is 0 Å². The molecule has 1 aromatic heterocycles. The Morgan fingerprint density at radius 3 is 2.71 bits per heavy atom. The van der Waals surface area contributed by atoms with Crippen molar-refractivity contribution >= 4 is 10.1 Å². The molecule has 92 valence electrons. The first kappa shape index (κ1) is 12.0. The van der Waals surface area contributed by atoms with Crippen molar-refractivity contribution in [3.63, 3.8) is 0 Å². The third kappa shape index (κ3) is 1.92. The second kappa shape index (κ2) is 3.80. The minimum absolute atomic E-state index is 0.112. The fourth-order valence-electron chi connectivity index (χ4n) is 1.89. The van der Waals surface area contributed by atoms with Crippen molar-refractivity contribution in [2.24, 2.45) is 0 Å². The molecule has 2 rings (SSSR count). The van der Waals surface area contributed by atoms with Gasteiger partial charge in [0.2, 0.25) is 0 Å². The van der Waals surface area contributed by atoms with Gasteiger partial charge in [0.05, 0.1) is 5.69 Å². The summed E-state index contributed by atoms with van der Waals surface area (Å²) in [6, 6.07) is 5.09. The van der Waals surface area contributed by atoms with Gasteiger partial charge in [0.15, 0.2) is 0 Å². The summed E-state index contributed by atoms with van der Waals surface area (Å²) >= 11 is 0. The maximum Gasteiger partial charge on any atom is 0.296 e. The number of hydrogen-bond acceptors (Lipinski definition) is 5. The molecule has 0 aromatic carbocycles. The van der Waals surface area contributed by atoms with Crippen LogP contribution in [0.5, 0.6) is 0 Å². The number of aromatic nitrogens is 1. The SMILES string of the molecule is CC1=C(S(=O)(=O)O)C(C)(c2ccccn2)NO1. The third-order valence-electron chi connectivity index (χ3n) is 2.62. The molecule has 0 spiro atoms. The Bertz CT molecular complexity index is 567. The molecule has 0 fully saturated rings. The summed E-state index contributed by atoms with van der Waals surface area (Å²) in [5.41, 5.74) is 1.85. The second-order valence-electron chi connectivity index (χ2n) is 3.90. The quantitative estimate of drug-likeness (QED) is 0.766. The summed E-state index contributed by atoms with van der Waals surface area (Å²) in [7, 11) is -4.36. The summed E-state index contributed by atoms with van der Waals surface area (Å²) in [4.78, 5) is 8.87. The predicted molar refractivity (Wildman–Crippen MR) is 60.1 cm³/mol. The number of rotatable bonds is 2. The smallest absolute Gasteiger partial charge is 0.296 e. The molecule has 2 heterocycles. The lowest BCUT2D eigenvalue weighted by atomic mass is 9.97. The first-order valence-corrected chi connectivity index (χ1v) is 6.34. The monoisotopic (exact) mass is 256 g/mol. The molecule has 17 heavy (non-hydrogen) atoms. The molecule has 0 amide bonds. The standard InChI is InChI=1S/C10H12N2O4S/c1-7-9(17(13,14)15)10(2,12-16-7)8-5-3-4-6-11-8/h3-6,12H,1-2H3,(H,13,14,15). The van der Waals surface area contributed by atoms with Crippen LogP contribution in [-0.2, 0) is 20.5 Å². The normalized spacial score (nSPS) is 24.9. The molecule has 1 unspecified atom stereocenters. The van der Waals surface area contributed by atoms with Gasteiger partial charge in [-0.2, -0.15) is 8.42 Å². The molecule has 1 atom stereocenters. The number of hydrogen-bond donors (Lipinski definition) is 2. The first-order valence-electron chi connectivity index (χ1n) is 4.90. The minimum Gasteiger partial charge on any atom is -0.411 e. The van der Waals surface area contributed by atoms with E-state index in [2.05, 4.69) is 10.5 Å². The zero-order valence-corrected chi connectivity index (χ0v) is 10.2. The molecule has 1 aromatic rings. The number of allylic oxidation sites excluding steroid dienone is 1. The van der Waals surface area contributed by atoms with E-state index in [4.69, 9.17) is 4.84 Å². The number of hydroxylamine groups is 1. The maximum atomic E-state index is 11.4. The summed E-state index contributed by atoms with van der Waals surface area (Å²) in [6.07, 6.45) is 1.54. The third-order valence-corrected chi connectivity index (χ3v) is 3.83. The maximum absolute atomic E-state index is 11.4. The van der Waals surface area contributed by atoms with Crippen LogP contribution in [0, 0.1) is 0 Å². The van der Waals surface area contributed by atoms with Gasteiger partial charge < -0.3 is 4.84 Å². The zero-order valence-electron chi connectivity index (χ0n) is 9.34. The topological polar surface area (TPSA) is 88.5 Å². The van der Waals surface area contributed by atoms with Crippen LogP contribution in [0.4, 0.5) is 0 Å². The number of nitrogens with one attached hydrogen (secondary N) is 1. The Labute approximate surface area is 99.0 Å². The molecule has 6 nitrogen and oxygen atoms in total. The summed E-state index contributed by atoms with van der Waals surface area (Å²) in [6.45, 7) is 3.04. The van der Waals surface area contributed by atoms with Crippen molar-refractivity contribution in [2.75, 3.05) is 0 Å². The van der Waals surface area contributed by atoms with Crippen LogP contribution in [0.3, 0.4) is 0 Å². The van der Waals surface area contributed by atoms with Gasteiger partial charge in [-0.3, -0.25) is 9.54 Å². The van der Waals surface area contributed by atoms with Crippen molar-refractivity contribution in [2.45, 2.75) is 19.4 Å². The van der Waals surface area contributed by atoms with Gasteiger partial charge in [-0.15, -0.1) is 5.48 Å². The van der Waals surface area contributed by atoms with Crippen LogP contribution < -0.4 is 5.48 Å². The summed E-state index contributed by atoms with van der Waals surface area (Å²) in [5.74, 6) is 0.112. The fourth-order valence-corrected chi connectivity index (χ4v) is 2.96. The highest BCUT2D eigenvalue weighted by atomic mass is 32.2. The van der Waals surface area contributed by atoms with E-state index in [-0.39, 0.29) is 10.7 Å². The average Bonchev–Trinajstić information content (AvgIpc) is 2.57. The van der Waals surface area contributed by atoms with Gasteiger partial charge in [-0.25, -0.2) is 0 Å². The number of pyridine rings is 1. The van der Waals surface area contributed by atoms with Crippen molar-refractivity contribution in [3.05, 3.63) is 40.8 Å². The van der Waals surface area contributed by atoms with Gasteiger partial charge in [0.25, 0.3) is 10.1 Å². The van der Waals surface area contributed by atoms with E-state index in [0.717, 1.165) is 0 Å². The highest BCUT2D eigenvalue weighted by Crippen LogP contribution is 2.37. The van der Waals surface area contributed by atoms with Crippen molar-refractivity contribution in [3.8, 4) is 0 Å².